The smallest absolute Gasteiger partial charge is 0.244 e. The second kappa shape index (κ2) is 7.84. The Morgan fingerprint density at radius 3 is 2.50 bits per heavy atom. The molecule has 0 heterocycles. The lowest BCUT2D eigenvalue weighted by Gasteiger charge is -2.24. The van der Waals surface area contributed by atoms with Gasteiger partial charge in [0.05, 0.1) is 13.7 Å². The van der Waals surface area contributed by atoms with E-state index in [-0.39, 0.29) is 5.91 Å². The number of methoxy groups -OCH3 is 1. The summed E-state index contributed by atoms with van der Waals surface area (Å²) in [5.41, 5.74) is 6.80. The molecular formula is C19H24N2O3. The van der Waals surface area contributed by atoms with Gasteiger partial charge in [-0.15, -0.1) is 0 Å². The quantitative estimate of drug-likeness (QED) is 0.819. The molecule has 0 fully saturated rings. The Morgan fingerprint density at radius 2 is 1.88 bits per heavy atom. The van der Waals surface area contributed by atoms with Crippen molar-refractivity contribution in [1.29, 1.82) is 0 Å². The summed E-state index contributed by atoms with van der Waals surface area (Å²) in [7, 11) is 1.59. The first-order valence-corrected chi connectivity index (χ1v) is 7.91. The van der Waals surface area contributed by atoms with Crippen molar-refractivity contribution in [2.45, 2.75) is 25.9 Å². The molecule has 2 aromatic rings. The first kappa shape index (κ1) is 17.8. The van der Waals surface area contributed by atoms with E-state index in [2.05, 4.69) is 5.32 Å². The van der Waals surface area contributed by atoms with Crippen LogP contribution < -0.4 is 20.5 Å². The predicted octanol–water partition coefficient (Wildman–Crippen LogP) is 2.58. The molecule has 0 aromatic heterocycles. The predicted molar refractivity (Wildman–Crippen MR) is 94.0 cm³/mol. The van der Waals surface area contributed by atoms with Crippen LogP contribution in [0.4, 0.5) is 0 Å². The minimum absolute atomic E-state index is 0.235. The standard InChI is InChI=1S/C19H24N2O3/c1-4-24-16-11-10-14(12-17(16)23-3)13-21-18(22)19(2,20)15-8-6-5-7-9-15/h5-12H,4,13,20H2,1-3H3,(H,21,22). The second-order valence-corrected chi connectivity index (χ2v) is 5.67. The lowest BCUT2D eigenvalue weighted by Crippen LogP contribution is -2.48. The Kier molecular flexibility index (Phi) is 5.82. The number of hydrogen-bond donors (Lipinski definition) is 2. The first-order chi connectivity index (χ1) is 11.5. The fourth-order valence-electron chi connectivity index (χ4n) is 2.38. The summed E-state index contributed by atoms with van der Waals surface area (Å²) in [6.07, 6.45) is 0. The van der Waals surface area contributed by atoms with Crippen LogP contribution >= 0.6 is 0 Å². The van der Waals surface area contributed by atoms with Crippen LogP contribution in [0.5, 0.6) is 11.5 Å². The molecule has 1 amide bonds. The number of hydrogen-bond acceptors (Lipinski definition) is 4. The van der Waals surface area contributed by atoms with Crippen LogP contribution in [-0.4, -0.2) is 19.6 Å². The van der Waals surface area contributed by atoms with E-state index in [0.717, 1.165) is 11.1 Å². The molecule has 3 N–H and O–H groups in total. The molecule has 0 saturated heterocycles. The van der Waals surface area contributed by atoms with Crippen molar-refractivity contribution in [3.63, 3.8) is 0 Å². The Labute approximate surface area is 142 Å². The topological polar surface area (TPSA) is 73.6 Å². The summed E-state index contributed by atoms with van der Waals surface area (Å²) in [5, 5.41) is 2.88. The highest BCUT2D eigenvalue weighted by Gasteiger charge is 2.29. The molecule has 2 rings (SSSR count). The van der Waals surface area contributed by atoms with Gasteiger partial charge in [0.1, 0.15) is 5.54 Å². The van der Waals surface area contributed by atoms with Gasteiger partial charge in [0.25, 0.3) is 0 Å². The normalized spacial score (nSPS) is 13.0. The average Bonchev–Trinajstić information content (AvgIpc) is 2.61. The number of benzene rings is 2. The number of carbonyl (C=O) groups is 1. The van der Waals surface area contributed by atoms with E-state index < -0.39 is 5.54 Å². The maximum absolute atomic E-state index is 12.5. The van der Waals surface area contributed by atoms with E-state index in [4.69, 9.17) is 15.2 Å². The average molecular weight is 328 g/mol. The van der Waals surface area contributed by atoms with Crippen LogP contribution in [0.15, 0.2) is 48.5 Å². The second-order valence-electron chi connectivity index (χ2n) is 5.67. The molecule has 128 valence electrons. The van der Waals surface area contributed by atoms with Gasteiger partial charge in [-0.1, -0.05) is 36.4 Å². The molecule has 0 aliphatic heterocycles. The van der Waals surface area contributed by atoms with Crippen LogP contribution in [0.3, 0.4) is 0 Å². The van der Waals surface area contributed by atoms with Crippen molar-refractivity contribution >= 4 is 5.91 Å². The minimum Gasteiger partial charge on any atom is -0.493 e. The van der Waals surface area contributed by atoms with Crippen LogP contribution in [0, 0.1) is 0 Å². The van der Waals surface area contributed by atoms with E-state index in [1.165, 1.54) is 0 Å². The number of nitrogens with one attached hydrogen (secondary N) is 1. The molecule has 1 unspecified atom stereocenters. The van der Waals surface area contributed by atoms with Crippen molar-refractivity contribution in [1.82, 2.24) is 5.32 Å². The highest BCUT2D eigenvalue weighted by Crippen LogP contribution is 2.28. The van der Waals surface area contributed by atoms with E-state index in [1.807, 2.05) is 55.5 Å². The Morgan fingerprint density at radius 1 is 1.17 bits per heavy atom. The summed E-state index contributed by atoms with van der Waals surface area (Å²) in [4.78, 5) is 12.5. The summed E-state index contributed by atoms with van der Waals surface area (Å²) in [6.45, 7) is 4.55. The fraction of sp³-hybridized carbons (Fsp3) is 0.316. The van der Waals surface area contributed by atoms with Crippen LogP contribution in [0.25, 0.3) is 0 Å². The van der Waals surface area contributed by atoms with Crippen molar-refractivity contribution < 1.29 is 14.3 Å². The number of carbonyl (C=O) groups excluding carboxylic acids is 1. The van der Waals surface area contributed by atoms with E-state index in [1.54, 1.807) is 14.0 Å². The third-order valence-corrected chi connectivity index (χ3v) is 3.83. The van der Waals surface area contributed by atoms with Gasteiger partial charge >= 0.3 is 0 Å². The van der Waals surface area contributed by atoms with Gasteiger partial charge in [0.15, 0.2) is 11.5 Å². The molecule has 2 aromatic carbocycles. The summed E-state index contributed by atoms with van der Waals surface area (Å²) >= 11 is 0. The minimum atomic E-state index is -1.09. The highest BCUT2D eigenvalue weighted by molar-refractivity contribution is 5.86. The van der Waals surface area contributed by atoms with Gasteiger partial charge < -0.3 is 20.5 Å². The molecule has 24 heavy (non-hydrogen) atoms. The SMILES string of the molecule is CCOc1ccc(CNC(=O)C(C)(N)c2ccccc2)cc1OC. The van der Waals surface area contributed by atoms with Crippen molar-refractivity contribution in [2.24, 2.45) is 5.73 Å². The maximum Gasteiger partial charge on any atom is 0.244 e. The Balaban J connectivity index is 2.06. The van der Waals surface area contributed by atoms with Gasteiger partial charge in [0, 0.05) is 6.54 Å². The molecule has 0 aliphatic rings. The molecule has 1 atom stereocenters. The fourth-order valence-corrected chi connectivity index (χ4v) is 2.38. The van der Waals surface area contributed by atoms with Gasteiger partial charge in [-0.25, -0.2) is 0 Å². The summed E-state index contributed by atoms with van der Waals surface area (Å²) in [6, 6.07) is 14.9. The molecule has 0 aliphatic carbocycles. The highest BCUT2D eigenvalue weighted by atomic mass is 16.5. The number of amides is 1. The van der Waals surface area contributed by atoms with Crippen molar-refractivity contribution in [2.75, 3.05) is 13.7 Å². The lowest BCUT2D eigenvalue weighted by molar-refractivity contribution is -0.126. The van der Waals surface area contributed by atoms with Gasteiger partial charge in [-0.2, -0.15) is 0 Å². The zero-order valence-electron chi connectivity index (χ0n) is 14.3. The number of rotatable bonds is 7. The lowest BCUT2D eigenvalue weighted by atomic mass is 9.92. The van der Waals surface area contributed by atoms with Crippen LogP contribution in [-0.2, 0) is 16.9 Å². The molecule has 0 bridgehead atoms. The van der Waals surface area contributed by atoms with Crippen LogP contribution in [0.1, 0.15) is 25.0 Å². The Bertz CT molecular complexity index is 684. The summed E-state index contributed by atoms with van der Waals surface area (Å²) < 4.78 is 10.8. The third kappa shape index (κ3) is 4.06. The van der Waals surface area contributed by atoms with Crippen molar-refractivity contribution in [3.05, 3.63) is 59.7 Å². The third-order valence-electron chi connectivity index (χ3n) is 3.83. The number of ether oxygens (including phenoxy) is 2. The molecule has 5 nitrogen and oxygen atoms in total. The molecule has 5 heteroatoms. The van der Waals surface area contributed by atoms with E-state index in [9.17, 15) is 4.79 Å². The molecule has 0 radical (unpaired) electrons. The monoisotopic (exact) mass is 328 g/mol. The zero-order valence-corrected chi connectivity index (χ0v) is 14.3. The van der Waals surface area contributed by atoms with Gasteiger partial charge in [0.2, 0.25) is 5.91 Å². The van der Waals surface area contributed by atoms with E-state index >= 15 is 0 Å². The molecule has 0 saturated carbocycles. The van der Waals surface area contributed by atoms with Crippen molar-refractivity contribution in [3.8, 4) is 11.5 Å². The number of nitrogens with two attached hydrogens (primary N) is 1. The molecule has 0 spiro atoms. The van der Waals surface area contributed by atoms with E-state index in [0.29, 0.717) is 24.7 Å². The Hall–Kier alpha value is -2.53. The van der Waals surface area contributed by atoms with Gasteiger partial charge in [-0.05, 0) is 37.1 Å². The van der Waals surface area contributed by atoms with Crippen LogP contribution in [0.2, 0.25) is 0 Å². The summed E-state index contributed by atoms with van der Waals surface area (Å²) in [5.74, 6) is 1.09. The van der Waals surface area contributed by atoms with Gasteiger partial charge in [-0.3, -0.25) is 4.79 Å². The molecular weight excluding hydrogens is 304 g/mol. The first-order valence-electron chi connectivity index (χ1n) is 7.91. The largest absolute Gasteiger partial charge is 0.493 e. The maximum atomic E-state index is 12.5. The zero-order chi connectivity index (χ0) is 17.6.